The Balaban J connectivity index is 1.93. The molecule has 2 N–H and O–H groups in total. The Hall–Kier alpha value is -1.26. The van der Waals surface area contributed by atoms with Crippen molar-refractivity contribution in [1.29, 1.82) is 0 Å². The van der Waals surface area contributed by atoms with Gasteiger partial charge in [-0.2, -0.15) is 0 Å². The van der Waals surface area contributed by atoms with Crippen molar-refractivity contribution >= 4 is 17.7 Å². The van der Waals surface area contributed by atoms with Gasteiger partial charge in [-0.1, -0.05) is 29.8 Å². The van der Waals surface area contributed by atoms with Crippen molar-refractivity contribution in [2.45, 2.75) is 25.4 Å². The van der Waals surface area contributed by atoms with Crippen LogP contribution in [0.5, 0.6) is 0 Å². The molecule has 1 aromatic rings. The molecular weight excluding hydrogens is 252 g/mol. The second-order valence-corrected chi connectivity index (χ2v) is 5.02. The normalized spacial score (nSPS) is 20.6. The number of rotatable bonds is 3. The van der Waals surface area contributed by atoms with Crippen molar-refractivity contribution < 1.29 is 9.90 Å². The third-order valence-electron chi connectivity index (χ3n) is 3.18. The number of benzene rings is 1. The lowest BCUT2D eigenvalue weighted by Gasteiger charge is -2.32. The van der Waals surface area contributed by atoms with E-state index in [2.05, 4.69) is 10.2 Å². The van der Waals surface area contributed by atoms with Crippen LogP contribution in [-0.4, -0.2) is 35.2 Å². The van der Waals surface area contributed by atoms with E-state index in [-0.39, 0.29) is 6.04 Å². The van der Waals surface area contributed by atoms with Crippen LogP contribution in [0.2, 0.25) is 5.02 Å². The van der Waals surface area contributed by atoms with E-state index in [1.807, 2.05) is 24.3 Å². The van der Waals surface area contributed by atoms with Gasteiger partial charge in [0, 0.05) is 24.2 Å². The Kier molecular flexibility index (Phi) is 4.44. The molecular formula is C13H17ClN2O2. The molecule has 2 rings (SSSR count). The number of amides is 1. The highest BCUT2D eigenvalue weighted by Crippen LogP contribution is 2.19. The maximum atomic E-state index is 10.6. The van der Waals surface area contributed by atoms with Crippen molar-refractivity contribution in [2.24, 2.45) is 0 Å². The molecule has 0 aromatic heterocycles. The van der Waals surface area contributed by atoms with Crippen LogP contribution in [0.1, 0.15) is 18.4 Å². The van der Waals surface area contributed by atoms with Gasteiger partial charge >= 0.3 is 6.09 Å². The molecule has 1 atom stereocenters. The Labute approximate surface area is 112 Å². The quantitative estimate of drug-likeness (QED) is 0.886. The highest BCUT2D eigenvalue weighted by Gasteiger charge is 2.21. The van der Waals surface area contributed by atoms with Crippen LogP contribution in [0.3, 0.4) is 0 Å². The van der Waals surface area contributed by atoms with Gasteiger partial charge in [0.1, 0.15) is 0 Å². The molecule has 1 aliphatic heterocycles. The van der Waals surface area contributed by atoms with Crippen molar-refractivity contribution in [1.82, 2.24) is 10.2 Å². The molecule has 1 saturated heterocycles. The molecule has 0 radical (unpaired) electrons. The fraction of sp³-hybridized carbons (Fsp3) is 0.462. The van der Waals surface area contributed by atoms with E-state index in [9.17, 15) is 4.79 Å². The predicted molar refractivity (Wildman–Crippen MR) is 70.9 cm³/mol. The van der Waals surface area contributed by atoms with Gasteiger partial charge in [0.2, 0.25) is 0 Å². The van der Waals surface area contributed by atoms with E-state index >= 15 is 0 Å². The lowest BCUT2D eigenvalue weighted by atomic mass is 10.0. The number of carboxylic acid groups (broad SMARTS) is 1. The topological polar surface area (TPSA) is 52.6 Å². The van der Waals surface area contributed by atoms with Crippen LogP contribution in [0.4, 0.5) is 4.79 Å². The summed E-state index contributed by atoms with van der Waals surface area (Å²) in [7, 11) is 0. The average Bonchev–Trinajstić information content (AvgIpc) is 2.32. The standard InChI is InChI=1S/C13H17ClN2O2/c14-12-6-2-1-4-10(12)8-16-7-3-5-11(9-16)15-13(17)18/h1-2,4,6,11,15H,3,5,7-9H2,(H,17,18). The Morgan fingerprint density at radius 3 is 3.00 bits per heavy atom. The number of hydrogen-bond acceptors (Lipinski definition) is 2. The molecule has 1 fully saturated rings. The zero-order valence-corrected chi connectivity index (χ0v) is 10.9. The van der Waals surface area contributed by atoms with E-state index in [1.54, 1.807) is 0 Å². The Bertz CT molecular complexity index is 425. The molecule has 4 nitrogen and oxygen atoms in total. The van der Waals surface area contributed by atoms with Gasteiger partial charge in [0.05, 0.1) is 0 Å². The minimum absolute atomic E-state index is 0.0266. The van der Waals surface area contributed by atoms with Gasteiger partial charge in [0.15, 0.2) is 0 Å². The zero-order chi connectivity index (χ0) is 13.0. The smallest absolute Gasteiger partial charge is 0.404 e. The first-order valence-electron chi connectivity index (χ1n) is 6.10. The molecule has 1 heterocycles. The van der Waals surface area contributed by atoms with Crippen molar-refractivity contribution in [2.75, 3.05) is 13.1 Å². The number of nitrogens with zero attached hydrogens (tertiary/aromatic N) is 1. The SMILES string of the molecule is O=C(O)NC1CCCN(Cc2ccccc2Cl)C1. The van der Waals surface area contributed by atoms with Gasteiger partial charge in [-0.25, -0.2) is 4.79 Å². The molecule has 1 unspecified atom stereocenters. The third kappa shape index (κ3) is 3.62. The largest absolute Gasteiger partial charge is 0.465 e. The van der Waals surface area contributed by atoms with Crippen molar-refractivity contribution in [3.8, 4) is 0 Å². The number of likely N-dealkylation sites (tertiary alicyclic amines) is 1. The van der Waals surface area contributed by atoms with Crippen LogP contribution in [0.25, 0.3) is 0 Å². The fourth-order valence-electron chi connectivity index (χ4n) is 2.36. The summed E-state index contributed by atoms with van der Waals surface area (Å²) in [6.07, 6.45) is 0.973. The number of piperidine rings is 1. The summed E-state index contributed by atoms with van der Waals surface area (Å²) in [5, 5.41) is 12.1. The summed E-state index contributed by atoms with van der Waals surface area (Å²) in [6.45, 7) is 2.51. The Morgan fingerprint density at radius 1 is 1.50 bits per heavy atom. The summed E-state index contributed by atoms with van der Waals surface area (Å²) < 4.78 is 0. The summed E-state index contributed by atoms with van der Waals surface area (Å²) in [4.78, 5) is 12.9. The predicted octanol–water partition coefficient (Wildman–Crippen LogP) is 2.57. The monoisotopic (exact) mass is 268 g/mol. The van der Waals surface area contributed by atoms with Gasteiger partial charge in [-0.15, -0.1) is 0 Å². The number of halogens is 1. The molecule has 1 aromatic carbocycles. The molecule has 0 bridgehead atoms. The first-order valence-corrected chi connectivity index (χ1v) is 6.48. The number of hydrogen-bond donors (Lipinski definition) is 2. The first kappa shape index (κ1) is 13.2. The highest BCUT2D eigenvalue weighted by atomic mass is 35.5. The van der Waals surface area contributed by atoms with Crippen LogP contribution in [0.15, 0.2) is 24.3 Å². The van der Waals surface area contributed by atoms with Crippen LogP contribution >= 0.6 is 11.6 Å². The third-order valence-corrected chi connectivity index (χ3v) is 3.55. The maximum Gasteiger partial charge on any atom is 0.404 e. The minimum Gasteiger partial charge on any atom is -0.465 e. The molecule has 0 aliphatic carbocycles. The molecule has 1 amide bonds. The van der Waals surface area contributed by atoms with E-state index in [1.165, 1.54) is 0 Å². The molecule has 18 heavy (non-hydrogen) atoms. The minimum atomic E-state index is -0.945. The fourth-order valence-corrected chi connectivity index (χ4v) is 2.55. The summed E-state index contributed by atoms with van der Waals surface area (Å²) >= 11 is 6.13. The van der Waals surface area contributed by atoms with E-state index < -0.39 is 6.09 Å². The highest BCUT2D eigenvalue weighted by molar-refractivity contribution is 6.31. The second kappa shape index (κ2) is 6.07. The van der Waals surface area contributed by atoms with Gasteiger partial charge in [0.25, 0.3) is 0 Å². The van der Waals surface area contributed by atoms with Crippen LogP contribution < -0.4 is 5.32 Å². The lowest BCUT2D eigenvalue weighted by molar-refractivity contribution is 0.160. The summed E-state index contributed by atoms with van der Waals surface area (Å²) in [5.41, 5.74) is 1.09. The van der Waals surface area contributed by atoms with Crippen molar-refractivity contribution in [3.05, 3.63) is 34.9 Å². The molecule has 0 spiro atoms. The van der Waals surface area contributed by atoms with Gasteiger partial charge in [-0.05, 0) is 31.0 Å². The zero-order valence-electron chi connectivity index (χ0n) is 10.1. The second-order valence-electron chi connectivity index (χ2n) is 4.62. The first-order chi connectivity index (χ1) is 8.65. The maximum absolute atomic E-state index is 10.6. The molecule has 1 aliphatic rings. The van der Waals surface area contributed by atoms with E-state index in [4.69, 9.17) is 16.7 Å². The van der Waals surface area contributed by atoms with Crippen LogP contribution in [0, 0.1) is 0 Å². The summed E-state index contributed by atoms with van der Waals surface area (Å²) in [5.74, 6) is 0. The number of carbonyl (C=O) groups is 1. The van der Waals surface area contributed by atoms with Crippen molar-refractivity contribution in [3.63, 3.8) is 0 Å². The van der Waals surface area contributed by atoms with E-state index in [0.717, 1.165) is 43.1 Å². The molecule has 0 saturated carbocycles. The van der Waals surface area contributed by atoms with E-state index in [0.29, 0.717) is 0 Å². The van der Waals surface area contributed by atoms with Gasteiger partial charge < -0.3 is 10.4 Å². The lowest BCUT2D eigenvalue weighted by Crippen LogP contribution is -2.46. The van der Waals surface area contributed by atoms with Crippen LogP contribution in [-0.2, 0) is 6.54 Å². The average molecular weight is 269 g/mol. The molecule has 98 valence electrons. The van der Waals surface area contributed by atoms with Gasteiger partial charge in [-0.3, -0.25) is 4.90 Å². The molecule has 5 heteroatoms. The summed E-state index contributed by atoms with van der Waals surface area (Å²) in [6, 6.07) is 7.80. The Morgan fingerprint density at radius 2 is 2.28 bits per heavy atom. The number of nitrogens with one attached hydrogen (secondary N) is 1.